The maximum absolute atomic E-state index is 15.1. The lowest BCUT2D eigenvalue weighted by Gasteiger charge is -2.38. The van der Waals surface area contributed by atoms with E-state index < -0.39 is 74.8 Å². The summed E-state index contributed by atoms with van der Waals surface area (Å²) >= 11 is 12.3. The second-order valence-corrected chi connectivity index (χ2v) is 11.4. The van der Waals surface area contributed by atoms with Crippen LogP contribution in [-0.4, -0.2) is 36.0 Å². The van der Waals surface area contributed by atoms with Gasteiger partial charge >= 0.3 is 12.4 Å². The van der Waals surface area contributed by atoms with Crippen LogP contribution in [-0.2, 0) is 5.41 Å². The minimum atomic E-state index is -6.13. The number of imide groups is 2. The molecule has 2 aliphatic heterocycles. The lowest BCUT2D eigenvalue weighted by molar-refractivity contribution is -0.288. The minimum Gasteiger partial charge on any atom is -0.399 e. The van der Waals surface area contributed by atoms with Gasteiger partial charge in [0, 0.05) is 11.4 Å². The molecule has 4 N–H and O–H groups in total. The fourth-order valence-corrected chi connectivity index (χ4v) is 6.32. The van der Waals surface area contributed by atoms with Gasteiger partial charge in [-0.1, -0.05) is 35.3 Å². The number of anilines is 4. The summed E-state index contributed by atoms with van der Waals surface area (Å²) in [6.07, 6.45) is -12.3. The number of carbonyl (C=O) groups is 4. The highest BCUT2D eigenvalue weighted by atomic mass is 35.5. The van der Waals surface area contributed by atoms with Crippen molar-refractivity contribution in [3.8, 4) is 0 Å². The Morgan fingerprint density at radius 1 is 0.489 bits per heavy atom. The Morgan fingerprint density at radius 3 is 1.15 bits per heavy atom. The van der Waals surface area contributed by atoms with E-state index in [2.05, 4.69) is 0 Å². The van der Waals surface area contributed by atoms with Crippen LogP contribution in [0.2, 0.25) is 10.0 Å². The lowest BCUT2D eigenvalue weighted by Crippen LogP contribution is -2.55. The molecule has 0 fully saturated rings. The molecule has 0 saturated heterocycles. The molecule has 0 radical (unpaired) electrons. The summed E-state index contributed by atoms with van der Waals surface area (Å²) in [4.78, 5) is 54.0. The van der Waals surface area contributed by atoms with Crippen LogP contribution in [0.3, 0.4) is 0 Å². The van der Waals surface area contributed by atoms with E-state index in [0.29, 0.717) is 46.2 Å². The van der Waals surface area contributed by atoms with Gasteiger partial charge in [-0.3, -0.25) is 19.2 Å². The van der Waals surface area contributed by atoms with Crippen molar-refractivity contribution in [2.45, 2.75) is 17.8 Å². The van der Waals surface area contributed by atoms with Crippen LogP contribution in [0, 0.1) is 0 Å². The summed E-state index contributed by atoms with van der Waals surface area (Å²) in [6, 6.07) is 10.3. The molecule has 0 unspecified atom stereocenters. The van der Waals surface area contributed by atoms with E-state index >= 15 is 26.3 Å². The predicted molar refractivity (Wildman–Crippen MR) is 160 cm³/mol. The number of carbonyl (C=O) groups excluding carboxylic acids is 4. The molecule has 0 aromatic heterocycles. The molecule has 2 heterocycles. The molecular formula is C31H16Cl2F6N4O4. The van der Waals surface area contributed by atoms with Crippen LogP contribution in [0.5, 0.6) is 0 Å². The number of alkyl halides is 6. The summed E-state index contributed by atoms with van der Waals surface area (Å²) in [6.45, 7) is 0. The molecule has 4 aromatic rings. The molecule has 16 heteroatoms. The van der Waals surface area contributed by atoms with Gasteiger partial charge in [-0.05, 0) is 71.8 Å². The standard InChI is InChI=1S/C31H16Cl2F6N4O4/c32-21-11-15(40)3-7-23(21)42-25(44)17-5-1-13(9-19(17)27(42)46)29(30(34,35)36,31(37,38)39)14-2-6-18-20(10-14)28(47)43(26(18)45)24-8-4-16(41)12-22(24)33/h1-12H,40-41H2. The molecule has 0 atom stereocenters. The van der Waals surface area contributed by atoms with Gasteiger partial charge in [0.25, 0.3) is 23.6 Å². The van der Waals surface area contributed by atoms with Gasteiger partial charge < -0.3 is 11.5 Å². The summed E-state index contributed by atoms with van der Waals surface area (Å²) in [5.74, 6) is -4.56. The van der Waals surface area contributed by atoms with Gasteiger partial charge in [0.05, 0.1) is 43.7 Å². The quantitative estimate of drug-likeness (QED) is 0.133. The summed E-state index contributed by atoms with van der Waals surface area (Å²) < 4.78 is 90.3. The van der Waals surface area contributed by atoms with Crippen molar-refractivity contribution >= 4 is 69.6 Å². The maximum atomic E-state index is 15.1. The largest absolute Gasteiger partial charge is 0.411 e. The van der Waals surface area contributed by atoms with Crippen LogP contribution in [0.15, 0.2) is 72.8 Å². The molecule has 6 rings (SSSR count). The van der Waals surface area contributed by atoms with Crippen molar-refractivity contribution in [2.24, 2.45) is 0 Å². The van der Waals surface area contributed by atoms with Crippen molar-refractivity contribution < 1.29 is 45.5 Å². The first-order valence-electron chi connectivity index (χ1n) is 13.2. The van der Waals surface area contributed by atoms with Crippen LogP contribution in [0.4, 0.5) is 49.1 Å². The molecule has 2 aliphatic rings. The van der Waals surface area contributed by atoms with E-state index in [-0.39, 0.29) is 32.8 Å². The number of nitrogens with zero attached hydrogens (tertiary/aromatic N) is 2. The van der Waals surface area contributed by atoms with Gasteiger partial charge in [0.15, 0.2) is 0 Å². The van der Waals surface area contributed by atoms with Gasteiger partial charge in [-0.25, -0.2) is 9.80 Å². The molecule has 4 aromatic carbocycles. The fraction of sp³-hybridized carbons (Fsp3) is 0.0968. The van der Waals surface area contributed by atoms with E-state index in [4.69, 9.17) is 34.7 Å². The highest BCUT2D eigenvalue weighted by Gasteiger charge is 2.73. The SMILES string of the molecule is Nc1ccc(N2C(=O)c3ccc(C(c4ccc5c(c4)C(=O)N(c4ccc(N)cc4Cl)C5=O)(C(F)(F)F)C(F)(F)F)cc3C2=O)c(Cl)c1. The Hall–Kier alpha value is -5.08. The number of halogens is 8. The number of benzene rings is 4. The normalized spacial score (nSPS) is 15.1. The van der Waals surface area contributed by atoms with Crippen molar-refractivity contribution in [2.75, 3.05) is 21.3 Å². The Morgan fingerprint density at radius 2 is 0.830 bits per heavy atom. The van der Waals surface area contributed by atoms with Crippen molar-refractivity contribution in [3.63, 3.8) is 0 Å². The number of nitrogens with two attached hydrogens (primary N) is 2. The van der Waals surface area contributed by atoms with E-state index in [1.807, 2.05) is 0 Å². The third-order valence-corrected chi connectivity index (χ3v) is 8.52. The smallest absolute Gasteiger partial charge is 0.399 e. The molecule has 240 valence electrons. The number of nitrogen functional groups attached to an aromatic ring is 2. The molecule has 0 bridgehead atoms. The van der Waals surface area contributed by atoms with Crippen LogP contribution in [0.1, 0.15) is 52.6 Å². The monoisotopic (exact) mass is 692 g/mol. The Kier molecular flexibility index (Phi) is 7.10. The van der Waals surface area contributed by atoms with Crippen molar-refractivity contribution in [1.82, 2.24) is 0 Å². The Balaban J connectivity index is 1.52. The van der Waals surface area contributed by atoms with Crippen molar-refractivity contribution in [1.29, 1.82) is 0 Å². The number of hydrogen-bond acceptors (Lipinski definition) is 6. The number of hydrogen-bond donors (Lipinski definition) is 2. The van der Waals surface area contributed by atoms with Gasteiger partial charge in [0.2, 0.25) is 5.41 Å². The summed E-state index contributed by atoms with van der Waals surface area (Å²) in [5, 5.41) is -0.349. The third-order valence-electron chi connectivity index (χ3n) is 7.91. The van der Waals surface area contributed by atoms with Gasteiger partial charge in [-0.2, -0.15) is 26.3 Å². The molecule has 0 saturated carbocycles. The second-order valence-electron chi connectivity index (χ2n) is 10.6. The molecular weight excluding hydrogens is 677 g/mol. The molecule has 8 nitrogen and oxygen atoms in total. The lowest BCUT2D eigenvalue weighted by atomic mass is 9.71. The number of rotatable bonds is 4. The molecule has 47 heavy (non-hydrogen) atoms. The van der Waals surface area contributed by atoms with E-state index in [0.717, 1.165) is 0 Å². The van der Waals surface area contributed by atoms with E-state index in [1.54, 1.807) is 0 Å². The highest BCUT2D eigenvalue weighted by Crippen LogP contribution is 2.57. The van der Waals surface area contributed by atoms with Gasteiger partial charge in [-0.15, -0.1) is 0 Å². The minimum absolute atomic E-state index is 0.159. The first-order valence-corrected chi connectivity index (χ1v) is 14.0. The molecule has 4 amide bonds. The average molecular weight is 693 g/mol. The first-order chi connectivity index (χ1) is 21.9. The summed E-state index contributed by atoms with van der Waals surface area (Å²) in [7, 11) is 0. The Bertz CT molecular complexity index is 1940. The number of fused-ring (bicyclic) bond motifs is 2. The third kappa shape index (κ3) is 4.53. The fourth-order valence-electron chi connectivity index (χ4n) is 5.78. The molecule has 0 spiro atoms. The summed E-state index contributed by atoms with van der Waals surface area (Å²) in [5.41, 5.74) is 0.969. The van der Waals surface area contributed by atoms with Crippen LogP contribution < -0.4 is 21.3 Å². The zero-order chi connectivity index (χ0) is 34.4. The maximum Gasteiger partial charge on any atom is 0.411 e. The zero-order valence-electron chi connectivity index (χ0n) is 23.1. The zero-order valence-corrected chi connectivity index (χ0v) is 24.6. The van der Waals surface area contributed by atoms with Crippen LogP contribution in [0.25, 0.3) is 0 Å². The average Bonchev–Trinajstić information content (AvgIpc) is 3.36. The molecule has 0 aliphatic carbocycles. The van der Waals surface area contributed by atoms with E-state index in [9.17, 15) is 19.2 Å². The highest BCUT2D eigenvalue weighted by molar-refractivity contribution is 6.41. The second kappa shape index (κ2) is 10.5. The number of amides is 4. The van der Waals surface area contributed by atoms with Gasteiger partial charge in [0.1, 0.15) is 0 Å². The van der Waals surface area contributed by atoms with Crippen LogP contribution >= 0.6 is 23.2 Å². The van der Waals surface area contributed by atoms with Crippen molar-refractivity contribution in [3.05, 3.63) is 116 Å². The first kappa shape index (κ1) is 31.9. The Labute approximate surface area is 270 Å². The predicted octanol–water partition coefficient (Wildman–Crippen LogP) is 7.17. The van der Waals surface area contributed by atoms with E-state index in [1.165, 1.54) is 36.4 Å². The topological polar surface area (TPSA) is 127 Å².